The van der Waals surface area contributed by atoms with Crippen LogP contribution in [-0.2, 0) is 0 Å². The molecular formula is C15H15NO3. The molecular weight excluding hydrogens is 242 g/mol. The number of carboxylic acids is 1. The molecule has 0 aliphatic rings. The van der Waals surface area contributed by atoms with E-state index in [1.165, 1.54) is 22.9 Å². The van der Waals surface area contributed by atoms with E-state index >= 15 is 0 Å². The molecule has 2 aromatic rings. The van der Waals surface area contributed by atoms with Gasteiger partial charge in [-0.1, -0.05) is 37.3 Å². The zero-order valence-corrected chi connectivity index (χ0v) is 10.6. The van der Waals surface area contributed by atoms with Gasteiger partial charge in [-0.05, 0) is 18.1 Å². The Kier molecular flexibility index (Phi) is 3.80. The highest BCUT2D eigenvalue weighted by molar-refractivity contribution is 5.87. The third-order valence-corrected chi connectivity index (χ3v) is 3.09. The van der Waals surface area contributed by atoms with Gasteiger partial charge in [-0.15, -0.1) is 0 Å². The lowest BCUT2D eigenvalue weighted by Crippen LogP contribution is -2.25. The first kappa shape index (κ1) is 13.1. The van der Waals surface area contributed by atoms with Crippen LogP contribution >= 0.6 is 0 Å². The van der Waals surface area contributed by atoms with E-state index in [0.29, 0.717) is 6.42 Å². The van der Waals surface area contributed by atoms with Gasteiger partial charge < -0.3 is 9.67 Å². The van der Waals surface area contributed by atoms with E-state index in [1.54, 1.807) is 0 Å². The fourth-order valence-electron chi connectivity index (χ4n) is 2.14. The van der Waals surface area contributed by atoms with Crippen LogP contribution in [0.1, 0.15) is 35.3 Å². The molecule has 1 heterocycles. The second-order valence-electron chi connectivity index (χ2n) is 4.30. The molecule has 19 heavy (non-hydrogen) atoms. The zero-order valence-electron chi connectivity index (χ0n) is 10.6. The molecule has 0 bridgehead atoms. The lowest BCUT2D eigenvalue weighted by molar-refractivity contribution is 0.0695. The van der Waals surface area contributed by atoms with Crippen LogP contribution in [0.2, 0.25) is 0 Å². The largest absolute Gasteiger partial charge is 0.478 e. The first-order valence-corrected chi connectivity index (χ1v) is 6.14. The van der Waals surface area contributed by atoms with Crippen molar-refractivity contribution in [1.29, 1.82) is 0 Å². The van der Waals surface area contributed by atoms with E-state index in [1.807, 2.05) is 37.3 Å². The number of carbonyl (C=O) groups is 1. The highest BCUT2D eigenvalue weighted by atomic mass is 16.4. The summed E-state index contributed by atoms with van der Waals surface area (Å²) in [6.45, 7) is 1.97. The summed E-state index contributed by atoms with van der Waals surface area (Å²) in [7, 11) is 0. The Hall–Kier alpha value is -2.36. The number of hydrogen-bond donors (Lipinski definition) is 1. The monoisotopic (exact) mass is 257 g/mol. The van der Waals surface area contributed by atoms with Gasteiger partial charge in [0.05, 0.1) is 11.6 Å². The van der Waals surface area contributed by atoms with E-state index in [2.05, 4.69) is 0 Å². The molecule has 0 aliphatic carbocycles. The number of nitrogens with zero attached hydrogens (tertiary/aromatic N) is 1. The quantitative estimate of drug-likeness (QED) is 0.915. The summed E-state index contributed by atoms with van der Waals surface area (Å²) in [4.78, 5) is 22.9. The van der Waals surface area contributed by atoms with Crippen molar-refractivity contribution >= 4 is 5.97 Å². The van der Waals surface area contributed by atoms with Crippen LogP contribution < -0.4 is 5.56 Å². The normalized spacial score (nSPS) is 12.1. The van der Waals surface area contributed by atoms with Crippen LogP contribution in [0.25, 0.3) is 0 Å². The van der Waals surface area contributed by atoms with Gasteiger partial charge in [-0.2, -0.15) is 0 Å². The van der Waals surface area contributed by atoms with Gasteiger partial charge in [-0.25, -0.2) is 4.79 Å². The molecule has 4 heteroatoms. The molecule has 0 fully saturated rings. The third kappa shape index (κ3) is 2.73. The van der Waals surface area contributed by atoms with Crippen LogP contribution in [-0.4, -0.2) is 15.6 Å². The topological polar surface area (TPSA) is 59.3 Å². The number of benzene rings is 1. The molecule has 1 unspecified atom stereocenters. The first-order chi connectivity index (χ1) is 9.13. The maximum absolute atomic E-state index is 11.9. The standard InChI is InChI=1S/C15H15NO3/c1-2-13(11-6-4-3-5-7-11)16-10-12(15(18)19)8-9-14(16)17/h3-10,13H,2H2,1H3,(H,18,19). The van der Waals surface area contributed by atoms with Crippen molar-refractivity contribution in [2.45, 2.75) is 19.4 Å². The Morgan fingerprint density at radius 1 is 1.21 bits per heavy atom. The molecule has 1 atom stereocenters. The fourth-order valence-corrected chi connectivity index (χ4v) is 2.14. The SMILES string of the molecule is CCC(c1ccccc1)n1cc(C(=O)O)ccc1=O. The maximum Gasteiger partial charge on any atom is 0.337 e. The average molecular weight is 257 g/mol. The summed E-state index contributed by atoms with van der Waals surface area (Å²) in [6.07, 6.45) is 2.12. The average Bonchev–Trinajstić information content (AvgIpc) is 2.42. The summed E-state index contributed by atoms with van der Waals surface area (Å²) >= 11 is 0. The number of pyridine rings is 1. The molecule has 0 spiro atoms. The molecule has 2 rings (SSSR count). The fraction of sp³-hybridized carbons (Fsp3) is 0.200. The molecule has 1 N–H and O–H groups in total. The molecule has 4 nitrogen and oxygen atoms in total. The van der Waals surface area contributed by atoms with E-state index in [4.69, 9.17) is 5.11 Å². The van der Waals surface area contributed by atoms with Crippen LogP contribution in [0.5, 0.6) is 0 Å². The number of rotatable bonds is 4. The molecule has 1 aromatic heterocycles. The van der Waals surface area contributed by atoms with E-state index < -0.39 is 5.97 Å². The molecule has 0 aliphatic heterocycles. The minimum absolute atomic E-state index is 0.119. The van der Waals surface area contributed by atoms with Crippen molar-refractivity contribution in [3.63, 3.8) is 0 Å². The van der Waals surface area contributed by atoms with Crippen molar-refractivity contribution < 1.29 is 9.90 Å². The van der Waals surface area contributed by atoms with Crippen molar-refractivity contribution in [3.8, 4) is 0 Å². The Labute approximate surface area is 110 Å². The van der Waals surface area contributed by atoms with Crippen molar-refractivity contribution in [2.75, 3.05) is 0 Å². The van der Waals surface area contributed by atoms with Crippen molar-refractivity contribution in [1.82, 2.24) is 4.57 Å². The molecule has 0 radical (unpaired) electrons. The van der Waals surface area contributed by atoms with E-state index in [0.717, 1.165) is 5.56 Å². The number of carboxylic acid groups (broad SMARTS) is 1. The second kappa shape index (κ2) is 5.52. The maximum atomic E-state index is 11.9. The van der Waals surface area contributed by atoms with Gasteiger partial charge in [0.25, 0.3) is 5.56 Å². The van der Waals surface area contributed by atoms with Crippen LogP contribution in [0.3, 0.4) is 0 Å². The van der Waals surface area contributed by atoms with Gasteiger partial charge in [0.15, 0.2) is 0 Å². The van der Waals surface area contributed by atoms with Gasteiger partial charge >= 0.3 is 5.97 Å². The summed E-state index contributed by atoms with van der Waals surface area (Å²) in [5.74, 6) is -1.03. The highest BCUT2D eigenvalue weighted by Gasteiger charge is 2.14. The Bertz CT molecular complexity index is 631. The number of aromatic carboxylic acids is 1. The second-order valence-corrected chi connectivity index (χ2v) is 4.30. The van der Waals surface area contributed by atoms with Gasteiger partial charge in [0.2, 0.25) is 0 Å². The number of aromatic nitrogens is 1. The third-order valence-electron chi connectivity index (χ3n) is 3.09. The Balaban J connectivity index is 2.52. The predicted octanol–water partition coefficient (Wildman–Crippen LogP) is 2.55. The van der Waals surface area contributed by atoms with Crippen LogP contribution in [0, 0.1) is 0 Å². The molecule has 98 valence electrons. The molecule has 0 amide bonds. The minimum Gasteiger partial charge on any atom is -0.478 e. The highest BCUT2D eigenvalue weighted by Crippen LogP contribution is 2.20. The zero-order chi connectivity index (χ0) is 13.8. The van der Waals surface area contributed by atoms with Crippen molar-refractivity contribution in [3.05, 3.63) is 70.1 Å². The van der Waals surface area contributed by atoms with Gasteiger partial charge in [0.1, 0.15) is 0 Å². The van der Waals surface area contributed by atoms with Crippen molar-refractivity contribution in [2.24, 2.45) is 0 Å². The predicted molar refractivity (Wildman–Crippen MR) is 72.5 cm³/mol. The summed E-state index contributed by atoms with van der Waals surface area (Å²) < 4.78 is 1.48. The Morgan fingerprint density at radius 3 is 2.47 bits per heavy atom. The molecule has 0 saturated carbocycles. The van der Waals surface area contributed by atoms with Crippen LogP contribution in [0.15, 0.2) is 53.5 Å². The van der Waals surface area contributed by atoms with Gasteiger partial charge in [0, 0.05) is 12.3 Å². The summed E-state index contributed by atoms with van der Waals surface area (Å²) in [5.41, 5.74) is 0.921. The molecule has 0 saturated heterocycles. The minimum atomic E-state index is -1.03. The smallest absolute Gasteiger partial charge is 0.337 e. The van der Waals surface area contributed by atoms with Crippen LogP contribution in [0.4, 0.5) is 0 Å². The van der Waals surface area contributed by atoms with E-state index in [-0.39, 0.29) is 17.2 Å². The Morgan fingerprint density at radius 2 is 1.89 bits per heavy atom. The van der Waals surface area contributed by atoms with Gasteiger partial charge in [-0.3, -0.25) is 4.79 Å². The first-order valence-electron chi connectivity index (χ1n) is 6.14. The number of hydrogen-bond acceptors (Lipinski definition) is 2. The summed E-state index contributed by atoms with van der Waals surface area (Å²) in [6, 6.07) is 12.1. The molecule has 1 aromatic carbocycles. The lowest BCUT2D eigenvalue weighted by Gasteiger charge is -2.19. The summed E-state index contributed by atoms with van der Waals surface area (Å²) in [5, 5.41) is 9.01. The van der Waals surface area contributed by atoms with E-state index in [9.17, 15) is 9.59 Å². The lowest BCUT2D eigenvalue weighted by atomic mass is 10.0.